The van der Waals surface area contributed by atoms with Gasteiger partial charge in [-0.2, -0.15) is 0 Å². The largest absolute Gasteiger partial charge is 0.383 e. The van der Waals surface area contributed by atoms with Gasteiger partial charge in [-0.05, 0) is 69.0 Å². The second-order valence-electron chi connectivity index (χ2n) is 8.83. The Morgan fingerprint density at radius 3 is 2.58 bits per heavy atom. The molecule has 1 aromatic heterocycles. The summed E-state index contributed by atoms with van der Waals surface area (Å²) in [5.74, 6) is -0.397. The summed E-state index contributed by atoms with van der Waals surface area (Å²) < 4.78 is 0. The molecule has 2 heterocycles. The van der Waals surface area contributed by atoms with Gasteiger partial charge in [0.15, 0.2) is 0 Å². The molecule has 3 N–H and O–H groups in total. The molecule has 1 fully saturated rings. The van der Waals surface area contributed by atoms with Gasteiger partial charge in [0.1, 0.15) is 5.82 Å². The van der Waals surface area contributed by atoms with Gasteiger partial charge in [-0.3, -0.25) is 9.59 Å². The average molecular weight is 424 g/mol. The highest BCUT2D eigenvalue weighted by Gasteiger charge is 2.34. The van der Waals surface area contributed by atoms with Crippen LogP contribution < -0.4 is 11.1 Å². The lowest BCUT2D eigenvalue weighted by Gasteiger charge is -2.38. The summed E-state index contributed by atoms with van der Waals surface area (Å²) in [6, 6.07) is 10.1. The van der Waals surface area contributed by atoms with Crippen molar-refractivity contribution < 1.29 is 9.59 Å². The molecule has 7 nitrogen and oxygen atoms in total. The van der Waals surface area contributed by atoms with Gasteiger partial charge in [-0.25, -0.2) is 4.98 Å². The van der Waals surface area contributed by atoms with Crippen molar-refractivity contribution in [2.24, 2.45) is 5.92 Å². The predicted molar refractivity (Wildman–Crippen MR) is 124 cm³/mol. The van der Waals surface area contributed by atoms with Crippen LogP contribution in [0.25, 0.3) is 0 Å². The number of hydrogen-bond donors (Lipinski definition) is 2. The first-order valence-corrected chi connectivity index (χ1v) is 10.8. The Labute approximate surface area is 184 Å². The van der Waals surface area contributed by atoms with E-state index in [1.807, 2.05) is 6.92 Å². The standard InChI is InChI=1S/C24H33N5O2/c1-16-5-10-21(19-8-6-18(7-9-19)11-12-28(3)4)29(15-16)24(31)23(30)27-20-13-17(2)22(25)26-14-20/h6-9,13-14,16,21H,5,10-12,15H2,1-4H3,(H2,25,26)(H,27,30)/t16-,21+/m0/s1. The van der Waals surface area contributed by atoms with Crippen LogP contribution in [0.5, 0.6) is 0 Å². The van der Waals surface area contributed by atoms with Crippen molar-refractivity contribution in [2.45, 2.75) is 39.2 Å². The molecule has 0 unspecified atom stereocenters. The van der Waals surface area contributed by atoms with E-state index in [2.05, 4.69) is 60.5 Å². The number of benzene rings is 1. The second kappa shape index (κ2) is 9.92. The summed E-state index contributed by atoms with van der Waals surface area (Å²) in [5.41, 5.74) is 9.30. The van der Waals surface area contributed by atoms with Crippen LogP contribution in [0.4, 0.5) is 11.5 Å². The maximum absolute atomic E-state index is 13.1. The Morgan fingerprint density at radius 1 is 1.23 bits per heavy atom. The summed E-state index contributed by atoms with van der Waals surface area (Å²) in [5, 5.41) is 2.68. The molecule has 1 saturated heterocycles. The molecule has 31 heavy (non-hydrogen) atoms. The third kappa shape index (κ3) is 5.82. The molecule has 0 radical (unpaired) electrons. The molecule has 0 saturated carbocycles. The third-order valence-corrected chi connectivity index (χ3v) is 5.86. The first-order valence-electron chi connectivity index (χ1n) is 10.8. The minimum absolute atomic E-state index is 0.0939. The molecule has 0 spiro atoms. The van der Waals surface area contributed by atoms with Crippen LogP contribution in [-0.4, -0.2) is 53.8 Å². The summed E-state index contributed by atoms with van der Waals surface area (Å²) in [4.78, 5) is 33.7. The molecule has 2 atom stereocenters. The Hall–Kier alpha value is -2.93. The Morgan fingerprint density at radius 2 is 1.94 bits per heavy atom. The van der Waals surface area contributed by atoms with E-state index in [4.69, 9.17) is 5.73 Å². The number of rotatable bonds is 5. The molecule has 1 aliphatic rings. The van der Waals surface area contributed by atoms with E-state index in [1.54, 1.807) is 11.0 Å². The van der Waals surface area contributed by atoms with Crippen molar-refractivity contribution in [3.8, 4) is 0 Å². The number of carbonyl (C=O) groups is 2. The number of carbonyl (C=O) groups excluding carboxylic acids is 2. The number of nitrogens with one attached hydrogen (secondary N) is 1. The lowest BCUT2D eigenvalue weighted by molar-refractivity contribution is -0.146. The van der Waals surface area contributed by atoms with Crippen molar-refractivity contribution >= 4 is 23.3 Å². The van der Waals surface area contributed by atoms with Gasteiger partial charge in [0, 0.05) is 13.1 Å². The lowest BCUT2D eigenvalue weighted by atomic mass is 9.89. The predicted octanol–water partition coefficient (Wildman–Crippen LogP) is 3.01. The summed E-state index contributed by atoms with van der Waals surface area (Å²) in [6.07, 6.45) is 4.32. The number of pyridine rings is 1. The van der Waals surface area contributed by atoms with Gasteiger partial charge in [-0.15, -0.1) is 0 Å². The number of nitrogens with two attached hydrogens (primary N) is 1. The SMILES string of the molecule is Cc1cc(NC(=O)C(=O)N2C[C@@H](C)CC[C@@H]2c2ccc(CCN(C)C)cc2)cnc1N. The number of nitrogens with zero attached hydrogens (tertiary/aromatic N) is 3. The molecular weight excluding hydrogens is 390 g/mol. The van der Waals surface area contributed by atoms with Crippen LogP contribution in [0.2, 0.25) is 0 Å². The van der Waals surface area contributed by atoms with Gasteiger partial charge >= 0.3 is 11.8 Å². The topological polar surface area (TPSA) is 91.6 Å². The smallest absolute Gasteiger partial charge is 0.313 e. The molecule has 166 valence electrons. The van der Waals surface area contributed by atoms with Crippen LogP contribution in [0.1, 0.15) is 42.5 Å². The van der Waals surface area contributed by atoms with Gasteiger partial charge in [0.25, 0.3) is 0 Å². The highest BCUT2D eigenvalue weighted by molar-refractivity contribution is 6.39. The zero-order valence-corrected chi connectivity index (χ0v) is 18.9. The van der Waals surface area contributed by atoms with Crippen molar-refractivity contribution in [1.82, 2.24) is 14.8 Å². The van der Waals surface area contributed by atoms with E-state index in [-0.39, 0.29) is 6.04 Å². The number of piperidine rings is 1. The van der Waals surface area contributed by atoms with E-state index in [9.17, 15) is 9.59 Å². The van der Waals surface area contributed by atoms with Crippen molar-refractivity contribution in [2.75, 3.05) is 38.2 Å². The van der Waals surface area contributed by atoms with Gasteiger partial charge < -0.3 is 20.9 Å². The molecule has 3 rings (SSSR count). The van der Waals surface area contributed by atoms with Gasteiger partial charge in [-0.1, -0.05) is 31.2 Å². The molecule has 2 amide bonds. The third-order valence-electron chi connectivity index (χ3n) is 5.86. The molecule has 1 aliphatic heterocycles. The Bertz CT molecular complexity index is 926. The van der Waals surface area contributed by atoms with E-state index in [0.717, 1.165) is 36.9 Å². The van der Waals surface area contributed by atoms with Crippen LogP contribution in [0.15, 0.2) is 36.5 Å². The number of aryl methyl sites for hydroxylation is 1. The van der Waals surface area contributed by atoms with Crippen molar-refractivity contribution in [3.63, 3.8) is 0 Å². The molecule has 0 aliphatic carbocycles. The molecule has 2 aromatic rings. The summed E-state index contributed by atoms with van der Waals surface area (Å²) >= 11 is 0. The fourth-order valence-electron chi connectivity index (χ4n) is 3.95. The minimum Gasteiger partial charge on any atom is -0.383 e. The van der Waals surface area contributed by atoms with E-state index >= 15 is 0 Å². The van der Waals surface area contributed by atoms with E-state index < -0.39 is 11.8 Å². The molecule has 1 aromatic carbocycles. The first-order chi connectivity index (χ1) is 14.7. The number of aromatic nitrogens is 1. The number of anilines is 2. The zero-order chi connectivity index (χ0) is 22.5. The Kier molecular flexibility index (Phi) is 7.28. The number of amides is 2. The quantitative estimate of drug-likeness (QED) is 0.722. The maximum atomic E-state index is 13.1. The lowest BCUT2D eigenvalue weighted by Crippen LogP contribution is -2.46. The summed E-state index contributed by atoms with van der Waals surface area (Å²) in [7, 11) is 4.13. The highest BCUT2D eigenvalue weighted by Crippen LogP contribution is 2.33. The van der Waals surface area contributed by atoms with Crippen molar-refractivity contribution in [1.29, 1.82) is 0 Å². The van der Waals surface area contributed by atoms with E-state index in [1.165, 1.54) is 11.8 Å². The van der Waals surface area contributed by atoms with Gasteiger partial charge in [0.05, 0.1) is 17.9 Å². The monoisotopic (exact) mass is 423 g/mol. The van der Waals surface area contributed by atoms with Crippen molar-refractivity contribution in [3.05, 3.63) is 53.2 Å². The molecule has 7 heteroatoms. The summed E-state index contributed by atoms with van der Waals surface area (Å²) in [6.45, 7) is 5.49. The first kappa shape index (κ1) is 22.7. The zero-order valence-electron chi connectivity index (χ0n) is 18.9. The second-order valence-corrected chi connectivity index (χ2v) is 8.83. The van der Waals surface area contributed by atoms with Crippen LogP contribution in [0, 0.1) is 12.8 Å². The molecular formula is C24H33N5O2. The van der Waals surface area contributed by atoms with E-state index in [0.29, 0.717) is 24.0 Å². The normalized spacial score (nSPS) is 18.8. The fourth-order valence-corrected chi connectivity index (χ4v) is 3.95. The molecule has 0 bridgehead atoms. The number of likely N-dealkylation sites (tertiary alicyclic amines) is 1. The number of hydrogen-bond acceptors (Lipinski definition) is 5. The van der Waals surface area contributed by atoms with Crippen LogP contribution in [0.3, 0.4) is 0 Å². The Balaban J connectivity index is 1.74. The fraction of sp³-hybridized carbons (Fsp3) is 0.458. The minimum atomic E-state index is -0.646. The highest BCUT2D eigenvalue weighted by atomic mass is 16.2. The van der Waals surface area contributed by atoms with Crippen LogP contribution in [-0.2, 0) is 16.0 Å². The average Bonchev–Trinajstić information content (AvgIpc) is 2.74. The maximum Gasteiger partial charge on any atom is 0.313 e. The number of likely N-dealkylation sites (N-methyl/N-ethyl adjacent to an activating group) is 1. The number of nitrogen functional groups attached to an aromatic ring is 1. The van der Waals surface area contributed by atoms with Gasteiger partial charge in [0.2, 0.25) is 0 Å². The van der Waals surface area contributed by atoms with Crippen LogP contribution >= 0.6 is 0 Å².